The van der Waals surface area contributed by atoms with Gasteiger partial charge in [-0.15, -0.1) is 0 Å². The van der Waals surface area contributed by atoms with E-state index >= 15 is 0 Å². The van der Waals surface area contributed by atoms with Gasteiger partial charge in [-0.3, -0.25) is 0 Å². The predicted octanol–water partition coefficient (Wildman–Crippen LogP) is 3.82. The highest BCUT2D eigenvalue weighted by Crippen LogP contribution is 2.29. The Hall–Kier alpha value is -2.49. The Kier molecular flexibility index (Phi) is 5.04. The zero-order valence-corrected chi connectivity index (χ0v) is 14.2. The summed E-state index contributed by atoms with van der Waals surface area (Å²) in [5, 5.41) is 0. The van der Waals surface area contributed by atoms with Crippen LogP contribution in [0.1, 0.15) is 34.3 Å². The zero-order valence-electron chi connectivity index (χ0n) is 14.2. The van der Waals surface area contributed by atoms with E-state index in [0.717, 1.165) is 25.1 Å². The van der Waals surface area contributed by atoms with Crippen LogP contribution in [-0.4, -0.2) is 26.7 Å². The molecule has 2 aromatic rings. The van der Waals surface area contributed by atoms with Crippen molar-refractivity contribution in [1.29, 1.82) is 0 Å². The van der Waals surface area contributed by atoms with Crippen LogP contribution in [0.3, 0.4) is 0 Å². The highest BCUT2D eigenvalue weighted by Gasteiger charge is 2.17. The second kappa shape index (κ2) is 7.39. The maximum absolute atomic E-state index is 11.8. The first-order valence-corrected chi connectivity index (χ1v) is 8.31. The number of ether oxygens (including phenoxy) is 2. The van der Waals surface area contributed by atoms with Crippen molar-refractivity contribution in [3.8, 4) is 5.75 Å². The van der Waals surface area contributed by atoms with E-state index in [1.54, 1.807) is 13.2 Å². The van der Waals surface area contributed by atoms with Gasteiger partial charge in [0.2, 0.25) is 0 Å². The average molecular weight is 325 g/mol. The van der Waals surface area contributed by atoms with Crippen LogP contribution >= 0.6 is 0 Å². The minimum atomic E-state index is -0.376. The lowest BCUT2D eigenvalue weighted by atomic mass is 10.1. The van der Waals surface area contributed by atoms with Gasteiger partial charge < -0.3 is 14.4 Å². The third-order valence-electron chi connectivity index (χ3n) is 4.50. The molecule has 0 aromatic heterocycles. The maximum Gasteiger partial charge on any atom is 0.341 e. The van der Waals surface area contributed by atoms with Gasteiger partial charge in [0.15, 0.2) is 0 Å². The lowest BCUT2D eigenvalue weighted by molar-refractivity contribution is 0.0597. The Bertz CT molecular complexity index is 727. The van der Waals surface area contributed by atoms with E-state index in [2.05, 4.69) is 29.2 Å². The van der Waals surface area contributed by atoms with Gasteiger partial charge >= 0.3 is 5.97 Å². The summed E-state index contributed by atoms with van der Waals surface area (Å²) >= 11 is 0. The molecule has 0 bridgehead atoms. The number of nitrogens with zero attached hydrogens (tertiary/aromatic N) is 1. The fourth-order valence-corrected chi connectivity index (χ4v) is 3.27. The van der Waals surface area contributed by atoms with Crippen molar-refractivity contribution in [3.63, 3.8) is 0 Å². The molecule has 0 saturated carbocycles. The van der Waals surface area contributed by atoms with E-state index in [0.29, 0.717) is 11.3 Å². The van der Waals surface area contributed by atoms with E-state index in [1.165, 1.54) is 31.2 Å². The molecule has 1 heterocycles. The smallest absolute Gasteiger partial charge is 0.341 e. The quantitative estimate of drug-likeness (QED) is 0.801. The van der Waals surface area contributed by atoms with E-state index in [9.17, 15) is 4.79 Å². The second-order valence-corrected chi connectivity index (χ2v) is 6.03. The molecule has 0 spiro atoms. The molecule has 126 valence electrons. The van der Waals surface area contributed by atoms with Crippen molar-refractivity contribution < 1.29 is 14.3 Å². The molecule has 0 amide bonds. The molecule has 3 rings (SSSR count). The van der Waals surface area contributed by atoms with Gasteiger partial charge in [-0.05, 0) is 48.6 Å². The van der Waals surface area contributed by atoms with Gasteiger partial charge in [0.05, 0.1) is 14.2 Å². The molecule has 4 heteroatoms. The molecule has 0 saturated heterocycles. The third kappa shape index (κ3) is 3.37. The number of hydrogen-bond donors (Lipinski definition) is 0. The summed E-state index contributed by atoms with van der Waals surface area (Å²) < 4.78 is 10.2. The van der Waals surface area contributed by atoms with Gasteiger partial charge in [0.25, 0.3) is 0 Å². The molecule has 0 radical (unpaired) electrons. The summed E-state index contributed by atoms with van der Waals surface area (Å²) in [5.41, 5.74) is 4.30. The Morgan fingerprint density at radius 2 is 1.96 bits per heavy atom. The molecule has 4 nitrogen and oxygen atoms in total. The van der Waals surface area contributed by atoms with Crippen LogP contribution in [-0.2, 0) is 17.7 Å². The summed E-state index contributed by atoms with van der Waals surface area (Å²) in [7, 11) is 2.95. The summed E-state index contributed by atoms with van der Waals surface area (Å²) in [6.07, 6.45) is 3.54. The average Bonchev–Trinajstić information content (AvgIpc) is 2.83. The Morgan fingerprint density at radius 3 is 2.75 bits per heavy atom. The lowest BCUT2D eigenvalue weighted by Gasteiger charge is -2.25. The van der Waals surface area contributed by atoms with Crippen LogP contribution in [0.4, 0.5) is 5.69 Å². The largest absolute Gasteiger partial charge is 0.496 e. The molecule has 0 aliphatic carbocycles. The van der Waals surface area contributed by atoms with Crippen molar-refractivity contribution in [1.82, 2.24) is 0 Å². The van der Waals surface area contributed by atoms with Gasteiger partial charge in [0.1, 0.15) is 11.3 Å². The highest BCUT2D eigenvalue weighted by atomic mass is 16.5. The fraction of sp³-hybridized carbons (Fsp3) is 0.350. The molecule has 0 atom stereocenters. The minimum absolute atomic E-state index is 0.376. The first kappa shape index (κ1) is 16.4. The SMILES string of the molecule is COC(=O)c1ccc(CN2CCCCc3ccccc32)cc1OC. The standard InChI is InChI=1S/C20H23NO3/c1-23-19-13-15(10-11-17(19)20(22)24-2)14-21-12-6-5-8-16-7-3-4-9-18(16)21/h3-4,7,9-11,13H,5-6,8,12,14H2,1-2H3. The summed E-state index contributed by atoms with van der Waals surface area (Å²) in [6.45, 7) is 1.84. The third-order valence-corrected chi connectivity index (χ3v) is 4.50. The molecule has 1 aliphatic rings. The van der Waals surface area contributed by atoms with Crippen molar-refractivity contribution in [2.45, 2.75) is 25.8 Å². The Labute approximate surface area is 143 Å². The fourth-order valence-electron chi connectivity index (χ4n) is 3.27. The molecule has 24 heavy (non-hydrogen) atoms. The van der Waals surface area contributed by atoms with E-state index < -0.39 is 0 Å². The number of para-hydroxylation sites is 1. The molecule has 0 N–H and O–H groups in total. The van der Waals surface area contributed by atoms with E-state index in [1.807, 2.05) is 12.1 Å². The molecule has 1 aliphatic heterocycles. The topological polar surface area (TPSA) is 38.8 Å². The van der Waals surface area contributed by atoms with Crippen LogP contribution in [0, 0.1) is 0 Å². The number of esters is 1. The van der Waals surface area contributed by atoms with E-state index in [4.69, 9.17) is 9.47 Å². The van der Waals surface area contributed by atoms with Gasteiger partial charge in [-0.1, -0.05) is 24.3 Å². The number of hydrogen-bond acceptors (Lipinski definition) is 4. The van der Waals surface area contributed by atoms with Crippen LogP contribution < -0.4 is 9.64 Å². The number of aryl methyl sites for hydroxylation is 1. The molecule has 0 unspecified atom stereocenters. The molecular weight excluding hydrogens is 302 g/mol. The number of carbonyl (C=O) groups excluding carboxylic acids is 1. The summed E-state index contributed by atoms with van der Waals surface area (Å²) in [6, 6.07) is 14.3. The summed E-state index contributed by atoms with van der Waals surface area (Å²) in [5.74, 6) is 0.181. The monoisotopic (exact) mass is 325 g/mol. The van der Waals surface area contributed by atoms with Crippen molar-refractivity contribution in [2.75, 3.05) is 25.7 Å². The van der Waals surface area contributed by atoms with Crippen molar-refractivity contribution in [2.24, 2.45) is 0 Å². The van der Waals surface area contributed by atoms with Crippen LogP contribution in [0.15, 0.2) is 42.5 Å². The van der Waals surface area contributed by atoms with Crippen LogP contribution in [0.25, 0.3) is 0 Å². The second-order valence-electron chi connectivity index (χ2n) is 6.03. The molecular formula is C20H23NO3. The van der Waals surface area contributed by atoms with Crippen molar-refractivity contribution >= 4 is 11.7 Å². The minimum Gasteiger partial charge on any atom is -0.496 e. The van der Waals surface area contributed by atoms with Gasteiger partial charge in [-0.2, -0.15) is 0 Å². The van der Waals surface area contributed by atoms with Crippen LogP contribution in [0.2, 0.25) is 0 Å². The number of rotatable bonds is 4. The number of carbonyl (C=O) groups is 1. The number of methoxy groups -OCH3 is 2. The first-order valence-electron chi connectivity index (χ1n) is 8.31. The van der Waals surface area contributed by atoms with Gasteiger partial charge in [0, 0.05) is 18.8 Å². The zero-order chi connectivity index (χ0) is 16.9. The lowest BCUT2D eigenvalue weighted by Crippen LogP contribution is -2.23. The van der Waals surface area contributed by atoms with Crippen LogP contribution in [0.5, 0.6) is 5.75 Å². The number of fused-ring (bicyclic) bond motifs is 1. The van der Waals surface area contributed by atoms with Crippen molar-refractivity contribution in [3.05, 3.63) is 59.2 Å². The highest BCUT2D eigenvalue weighted by molar-refractivity contribution is 5.92. The normalized spacial score (nSPS) is 13.8. The number of anilines is 1. The maximum atomic E-state index is 11.8. The van der Waals surface area contributed by atoms with Gasteiger partial charge in [-0.25, -0.2) is 4.79 Å². The first-order chi connectivity index (χ1) is 11.7. The Balaban J connectivity index is 1.87. The van der Waals surface area contributed by atoms with E-state index in [-0.39, 0.29) is 5.97 Å². The summed E-state index contributed by atoms with van der Waals surface area (Å²) in [4.78, 5) is 14.2. The predicted molar refractivity (Wildman–Crippen MR) is 94.8 cm³/mol. The Morgan fingerprint density at radius 1 is 1.12 bits per heavy atom. The number of benzene rings is 2. The molecule has 0 fully saturated rings. The molecule has 2 aromatic carbocycles.